The van der Waals surface area contributed by atoms with E-state index in [-0.39, 0.29) is 5.54 Å². The van der Waals surface area contributed by atoms with Crippen LogP contribution >= 0.6 is 0 Å². The Morgan fingerprint density at radius 1 is 1.59 bits per heavy atom. The molecule has 96 valence electrons. The molecule has 2 rings (SSSR count). The van der Waals surface area contributed by atoms with Crippen LogP contribution in [0.15, 0.2) is 6.07 Å². The second kappa shape index (κ2) is 5.19. The molecule has 1 fully saturated rings. The van der Waals surface area contributed by atoms with E-state index in [1.807, 2.05) is 11.7 Å². The monoisotopic (exact) mass is 237 g/mol. The minimum absolute atomic E-state index is 0.120. The lowest BCUT2D eigenvalue weighted by molar-refractivity contribution is 0.0275. The van der Waals surface area contributed by atoms with Crippen LogP contribution in [0.1, 0.15) is 38.1 Å². The quantitative estimate of drug-likeness (QED) is 0.865. The normalized spacial score (nSPS) is 25.1. The molecule has 0 aromatic carbocycles. The summed E-state index contributed by atoms with van der Waals surface area (Å²) in [6.07, 6.45) is 3.33. The zero-order valence-electron chi connectivity index (χ0n) is 11.1. The van der Waals surface area contributed by atoms with Crippen molar-refractivity contribution >= 4 is 0 Å². The molecule has 4 nitrogen and oxygen atoms in total. The zero-order valence-corrected chi connectivity index (χ0v) is 11.1. The lowest BCUT2D eigenvalue weighted by atomic mass is 9.95. The van der Waals surface area contributed by atoms with Crippen molar-refractivity contribution in [1.29, 1.82) is 0 Å². The summed E-state index contributed by atoms with van der Waals surface area (Å²) in [4.78, 5) is 0. The fourth-order valence-electron chi connectivity index (χ4n) is 2.29. The van der Waals surface area contributed by atoms with E-state index >= 15 is 0 Å². The van der Waals surface area contributed by atoms with Crippen LogP contribution in [0.2, 0.25) is 0 Å². The molecule has 1 unspecified atom stereocenters. The first-order chi connectivity index (χ1) is 8.13. The van der Waals surface area contributed by atoms with Crippen molar-refractivity contribution in [3.63, 3.8) is 0 Å². The van der Waals surface area contributed by atoms with Gasteiger partial charge in [0, 0.05) is 25.7 Å². The maximum absolute atomic E-state index is 5.55. The molecule has 1 aromatic rings. The first kappa shape index (κ1) is 12.6. The van der Waals surface area contributed by atoms with Crippen LogP contribution in [0, 0.1) is 0 Å². The van der Waals surface area contributed by atoms with Crippen molar-refractivity contribution in [3.8, 4) is 0 Å². The van der Waals surface area contributed by atoms with Gasteiger partial charge in [-0.05, 0) is 32.3 Å². The molecule has 1 aromatic heterocycles. The lowest BCUT2D eigenvalue weighted by Gasteiger charge is -2.34. The Balaban J connectivity index is 1.94. The lowest BCUT2D eigenvalue weighted by Crippen LogP contribution is -2.48. The predicted octanol–water partition coefficient (Wildman–Crippen LogP) is 1.64. The average Bonchev–Trinajstić information content (AvgIpc) is 2.69. The highest BCUT2D eigenvalue weighted by molar-refractivity contribution is 5.10. The molecule has 1 aliphatic heterocycles. The smallest absolute Gasteiger partial charge is 0.0645 e. The highest BCUT2D eigenvalue weighted by Gasteiger charge is 2.27. The molecule has 1 aliphatic rings. The number of ether oxygens (including phenoxy) is 1. The van der Waals surface area contributed by atoms with E-state index in [0.717, 1.165) is 38.3 Å². The second-order valence-electron chi connectivity index (χ2n) is 5.17. The summed E-state index contributed by atoms with van der Waals surface area (Å²) in [5.41, 5.74) is 2.53. The van der Waals surface area contributed by atoms with Gasteiger partial charge in [0.2, 0.25) is 0 Å². The molecule has 0 bridgehead atoms. The highest BCUT2D eigenvalue weighted by atomic mass is 16.5. The molecule has 1 atom stereocenters. The Morgan fingerprint density at radius 2 is 2.41 bits per heavy atom. The molecule has 17 heavy (non-hydrogen) atoms. The van der Waals surface area contributed by atoms with Gasteiger partial charge in [0.25, 0.3) is 0 Å². The SMILES string of the molecule is CCc1cc(CNC2(C)CCCOC2)n(C)n1. The first-order valence-corrected chi connectivity index (χ1v) is 6.47. The molecule has 2 heterocycles. The van der Waals surface area contributed by atoms with E-state index in [2.05, 4.69) is 30.3 Å². The Hall–Kier alpha value is -0.870. The van der Waals surface area contributed by atoms with Crippen LogP contribution in [-0.2, 0) is 24.8 Å². The zero-order chi connectivity index (χ0) is 12.3. The van der Waals surface area contributed by atoms with Gasteiger partial charge in [0.15, 0.2) is 0 Å². The fraction of sp³-hybridized carbons (Fsp3) is 0.769. The van der Waals surface area contributed by atoms with Crippen molar-refractivity contribution in [2.24, 2.45) is 7.05 Å². The molecule has 0 spiro atoms. The molecule has 0 amide bonds. The molecule has 1 N–H and O–H groups in total. The molecule has 0 radical (unpaired) electrons. The van der Waals surface area contributed by atoms with Crippen molar-refractivity contribution in [2.45, 2.75) is 45.2 Å². The van der Waals surface area contributed by atoms with Crippen molar-refractivity contribution < 1.29 is 4.74 Å². The number of nitrogens with zero attached hydrogens (tertiary/aromatic N) is 2. The summed E-state index contributed by atoms with van der Waals surface area (Å²) in [6, 6.07) is 2.18. The number of aryl methyl sites for hydroxylation is 2. The Labute approximate surface area is 103 Å². The average molecular weight is 237 g/mol. The van der Waals surface area contributed by atoms with Crippen LogP contribution in [0.5, 0.6) is 0 Å². The molecule has 0 saturated carbocycles. The van der Waals surface area contributed by atoms with Gasteiger partial charge in [-0.1, -0.05) is 6.92 Å². The predicted molar refractivity (Wildman–Crippen MR) is 67.9 cm³/mol. The summed E-state index contributed by atoms with van der Waals surface area (Å²) in [6.45, 7) is 6.96. The number of aromatic nitrogens is 2. The Bertz CT molecular complexity index is 367. The standard InChI is InChI=1S/C13H23N3O/c1-4-11-8-12(16(3)15-11)9-14-13(2)6-5-7-17-10-13/h8,14H,4-7,9-10H2,1-3H3. The van der Waals surface area contributed by atoms with E-state index in [1.54, 1.807) is 0 Å². The van der Waals surface area contributed by atoms with E-state index in [9.17, 15) is 0 Å². The Morgan fingerprint density at radius 3 is 3.00 bits per heavy atom. The third kappa shape index (κ3) is 3.07. The maximum atomic E-state index is 5.55. The van der Waals surface area contributed by atoms with Crippen molar-refractivity contribution in [1.82, 2.24) is 15.1 Å². The van der Waals surface area contributed by atoms with Gasteiger partial charge >= 0.3 is 0 Å². The van der Waals surface area contributed by atoms with Gasteiger partial charge in [-0.15, -0.1) is 0 Å². The van der Waals surface area contributed by atoms with Crippen LogP contribution < -0.4 is 5.32 Å². The largest absolute Gasteiger partial charge is 0.380 e. The molecule has 4 heteroatoms. The van der Waals surface area contributed by atoms with Crippen molar-refractivity contribution in [2.75, 3.05) is 13.2 Å². The number of hydrogen-bond donors (Lipinski definition) is 1. The number of nitrogens with one attached hydrogen (secondary N) is 1. The number of hydrogen-bond acceptors (Lipinski definition) is 3. The van der Waals surface area contributed by atoms with E-state index in [4.69, 9.17) is 4.74 Å². The third-order valence-electron chi connectivity index (χ3n) is 3.52. The first-order valence-electron chi connectivity index (χ1n) is 6.47. The number of rotatable bonds is 4. The van der Waals surface area contributed by atoms with Crippen LogP contribution in [0.3, 0.4) is 0 Å². The second-order valence-corrected chi connectivity index (χ2v) is 5.17. The van der Waals surface area contributed by atoms with Gasteiger partial charge in [0.05, 0.1) is 18.0 Å². The van der Waals surface area contributed by atoms with Crippen LogP contribution in [0.4, 0.5) is 0 Å². The fourth-order valence-corrected chi connectivity index (χ4v) is 2.29. The van der Waals surface area contributed by atoms with E-state index in [0.29, 0.717) is 0 Å². The maximum Gasteiger partial charge on any atom is 0.0645 e. The minimum atomic E-state index is 0.120. The summed E-state index contributed by atoms with van der Waals surface area (Å²) < 4.78 is 7.52. The highest BCUT2D eigenvalue weighted by Crippen LogP contribution is 2.19. The summed E-state index contributed by atoms with van der Waals surface area (Å²) in [5.74, 6) is 0. The molecule has 0 aliphatic carbocycles. The molecular weight excluding hydrogens is 214 g/mol. The van der Waals surface area contributed by atoms with Crippen LogP contribution in [0.25, 0.3) is 0 Å². The van der Waals surface area contributed by atoms with Gasteiger partial charge in [-0.3, -0.25) is 4.68 Å². The van der Waals surface area contributed by atoms with Gasteiger partial charge in [0.1, 0.15) is 0 Å². The summed E-state index contributed by atoms with van der Waals surface area (Å²) >= 11 is 0. The van der Waals surface area contributed by atoms with Crippen molar-refractivity contribution in [3.05, 3.63) is 17.5 Å². The van der Waals surface area contributed by atoms with Gasteiger partial charge in [-0.2, -0.15) is 5.10 Å². The van der Waals surface area contributed by atoms with Gasteiger partial charge < -0.3 is 10.1 Å². The van der Waals surface area contributed by atoms with Gasteiger partial charge in [-0.25, -0.2) is 0 Å². The third-order valence-corrected chi connectivity index (χ3v) is 3.52. The van der Waals surface area contributed by atoms with E-state index in [1.165, 1.54) is 12.1 Å². The van der Waals surface area contributed by atoms with Crippen LogP contribution in [-0.4, -0.2) is 28.5 Å². The minimum Gasteiger partial charge on any atom is -0.380 e. The molecule has 1 saturated heterocycles. The summed E-state index contributed by atoms with van der Waals surface area (Å²) in [5, 5.41) is 8.07. The topological polar surface area (TPSA) is 39.1 Å². The van der Waals surface area contributed by atoms with E-state index < -0.39 is 0 Å². The Kier molecular flexibility index (Phi) is 3.84. The molecular formula is C13H23N3O. The summed E-state index contributed by atoms with van der Waals surface area (Å²) in [7, 11) is 2.01.